The summed E-state index contributed by atoms with van der Waals surface area (Å²) in [5, 5.41) is 3.95. The number of esters is 2. The Morgan fingerprint density at radius 3 is 2.46 bits per heavy atom. The van der Waals surface area contributed by atoms with Gasteiger partial charge in [-0.1, -0.05) is 41.9 Å². The highest BCUT2D eigenvalue weighted by Crippen LogP contribution is 2.40. The molecule has 3 rings (SSSR count). The second kappa shape index (κ2) is 10.7. The predicted octanol–water partition coefficient (Wildman–Crippen LogP) is 3.46. The topological polar surface area (TPSA) is 140 Å². The summed E-state index contributed by atoms with van der Waals surface area (Å²) in [5.41, 5.74) is 13.7. The molecule has 2 aliphatic heterocycles. The van der Waals surface area contributed by atoms with Crippen LogP contribution in [0, 0.1) is 5.92 Å². The van der Waals surface area contributed by atoms with Crippen LogP contribution in [-0.2, 0) is 30.2 Å². The van der Waals surface area contributed by atoms with Crippen LogP contribution in [0.15, 0.2) is 35.4 Å². The maximum Gasteiger partial charge on any atom is 0.457 e. The van der Waals surface area contributed by atoms with Crippen molar-refractivity contribution in [2.75, 3.05) is 13.1 Å². The summed E-state index contributed by atoms with van der Waals surface area (Å²) >= 11 is 0. The minimum atomic E-state index is -1.52. The van der Waals surface area contributed by atoms with Gasteiger partial charge in [-0.3, -0.25) is 9.69 Å². The zero-order valence-corrected chi connectivity index (χ0v) is 21.3. The highest BCUT2D eigenvalue weighted by molar-refractivity contribution is 6.45. The van der Waals surface area contributed by atoms with E-state index >= 15 is 0 Å². The van der Waals surface area contributed by atoms with Gasteiger partial charge in [-0.2, -0.15) is 0 Å². The van der Waals surface area contributed by atoms with Crippen LogP contribution in [0.25, 0.3) is 10.4 Å². The fraction of sp³-hybridized carbons (Fsp3) is 0.667. The lowest BCUT2D eigenvalue weighted by Gasteiger charge is -2.32. The smallest absolute Gasteiger partial charge is 0.403 e. The Kier molecular flexibility index (Phi) is 8.29. The van der Waals surface area contributed by atoms with Gasteiger partial charge in [-0.05, 0) is 64.4 Å². The molecule has 0 saturated carbocycles. The SMILES string of the molecule is C[C@H](N)C(=O)OC(=O)[C@@]1(N=[N+]=[N-])CN(Cc2ccccc2)C[C@@H]1CCCB1OC(C)(C)C(C)(C)O1. The van der Waals surface area contributed by atoms with Crippen LogP contribution in [0.4, 0.5) is 0 Å². The molecule has 0 amide bonds. The molecule has 0 unspecified atom stereocenters. The molecule has 1 aromatic carbocycles. The van der Waals surface area contributed by atoms with Crippen molar-refractivity contribution in [1.29, 1.82) is 0 Å². The number of likely N-dealkylation sites (tertiary alicyclic amines) is 1. The second-order valence-electron chi connectivity index (χ2n) is 10.6. The third-order valence-corrected chi connectivity index (χ3v) is 7.30. The molecule has 2 N–H and O–H groups in total. The average molecular weight is 485 g/mol. The Balaban J connectivity index is 1.76. The van der Waals surface area contributed by atoms with Gasteiger partial charge in [0, 0.05) is 24.5 Å². The molecule has 0 radical (unpaired) electrons. The van der Waals surface area contributed by atoms with Crippen LogP contribution in [0.5, 0.6) is 0 Å². The van der Waals surface area contributed by atoms with Crippen molar-refractivity contribution < 1.29 is 23.6 Å². The number of nitrogens with zero attached hydrogens (tertiary/aromatic N) is 4. The molecule has 1 aromatic rings. The Morgan fingerprint density at radius 1 is 1.26 bits per heavy atom. The number of nitrogens with two attached hydrogens (primary N) is 1. The summed E-state index contributed by atoms with van der Waals surface area (Å²) in [6.45, 7) is 10.7. The average Bonchev–Trinajstić information content (AvgIpc) is 3.21. The Morgan fingerprint density at radius 2 is 1.89 bits per heavy atom. The van der Waals surface area contributed by atoms with Crippen molar-refractivity contribution in [3.05, 3.63) is 46.3 Å². The number of hydrogen-bond acceptors (Lipinski definition) is 8. The van der Waals surface area contributed by atoms with Crippen LogP contribution in [-0.4, -0.2) is 59.8 Å². The standard InChI is InChI=1S/C24H36BN5O5/c1-17(26)20(31)33-21(32)24(28-29-27)16-30(14-18-10-7-6-8-11-18)15-19(24)12-9-13-25-34-22(2,3)23(4,5)35-25/h6-8,10-11,17,19H,9,12-16,26H2,1-5H3/t17-,19-,24+/m0/s1. The normalized spacial score (nSPS) is 26.2. The zero-order chi connectivity index (χ0) is 25.9. The number of carbonyl (C=O) groups is 2. The van der Waals surface area contributed by atoms with Crippen molar-refractivity contribution in [3.8, 4) is 0 Å². The van der Waals surface area contributed by atoms with Gasteiger partial charge in [-0.25, -0.2) is 4.79 Å². The molecule has 2 fully saturated rings. The van der Waals surface area contributed by atoms with E-state index in [-0.39, 0.29) is 19.6 Å². The van der Waals surface area contributed by atoms with Gasteiger partial charge in [0.25, 0.3) is 0 Å². The van der Waals surface area contributed by atoms with E-state index < -0.39 is 34.7 Å². The third kappa shape index (κ3) is 6.05. The molecule has 0 aromatic heterocycles. The van der Waals surface area contributed by atoms with Crippen LogP contribution in [0.1, 0.15) is 53.0 Å². The number of carbonyl (C=O) groups excluding carboxylic acids is 2. The number of azide groups is 1. The zero-order valence-electron chi connectivity index (χ0n) is 21.3. The Labute approximate surface area is 207 Å². The molecule has 11 heteroatoms. The van der Waals surface area contributed by atoms with E-state index in [1.807, 2.05) is 58.0 Å². The summed E-state index contributed by atoms with van der Waals surface area (Å²) in [4.78, 5) is 30.4. The second-order valence-corrected chi connectivity index (χ2v) is 10.6. The van der Waals surface area contributed by atoms with E-state index in [0.29, 0.717) is 32.3 Å². The minimum absolute atomic E-state index is 0.151. The highest BCUT2D eigenvalue weighted by Gasteiger charge is 2.54. The largest absolute Gasteiger partial charge is 0.457 e. The number of hydrogen-bond donors (Lipinski definition) is 1. The summed E-state index contributed by atoms with van der Waals surface area (Å²) in [5.74, 6) is -2.05. The van der Waals surface area contributed by atoms with Gasteiger partial charge < -0.3 is 19.8 Å². The maximum atomic E-state index is 13.2. The van der Waals surface area contributed by atoms with Gasteiger partial charge in [-0.15, -0.1) is 0 Å². The Hall–Kier alpha value is -2.43. The lowest BCUT2D eigenvalue weighted by molar-refractivity contribution is -0.165. The molecular weight excluding hydrogens is 449 g/mol. The first-order chi connectivity index (χ1) is 16.4. The molecule has 190 valence electrons. The third-order valence-electron chi connectivity index (χ3n) is 7.30. The fourth-order valence-corrected chi connectivity index (χ4v) is 4.64. The van der Waals surface area contributed by atoms with Crippen molar-refractivity contribution >= 4 is 19.1 Å². The van der Waals surface area contributed by atoms with Crippen LogP contribution in [0.3, 0.4) is 0 Å². The van der Waals surface area contributed by atoms with Gasteiger partial charge in [0.2, 0.25) is 0 Å². The predicted molar refractivity (Wildman–Crippen MR) is 132 cm³/mol. The molecular formula is C24H36BN5O5. The molecule has 0 spiro atoms. The highest BCUT2D eigenvalue weighted by atomic mass is 16.7. The van der Waals surface area contributed by atoms with Crippen molar-refractivity contribution in [2.24, 2.45) is 16.8 Å². The first-order valence-electron chi connectivity index (χ1n) is 12.1. The lowest BCUT2D eigenvalue weighted by atomic mass is 9.78. The first kappa shape index (κ1) is 27.2. The fourth-order valence-electron chi connectivity index (χ4n) is 4.64. The van der Waals surface area contributed by atoms with Crippen molar-refractivity contribution in [2.45, 2.75) is 83.1 Å². The minimum Gasteiger partial charge on any atom is -0.403 e. The first-order valence-corrected chi connectivity index (χ1v) is 12.1. The summed E-state index contributed by atoms with van der Waals surface area (Å²) in [7, 11) is -0.359. The van der Waals surface area contributed by atoms with Crippen molar-refractivity contribution in [1.82, 2.24) is 4.90 Å². The molecule has 0 bridgehead atoms. The molecule has 3 atom stereocenters. The number of benzene rings is 1. The summed E-state index contributed by atoms with van der Waals surface area (Å²) in [6, 6.07) is 8.86. The summed E-state index contributed by atoms with van der Waals surface area (Å²) < 4.78 is 17.3. The van der Waals surface area contributed by atoms with Gasteiger partial charge >= 0.3 is 19.1 Å². The molecule has 2 saturated heterocycles. The maximum absolute atomic E-state index is 13.2. The van der Waals surface area contributed by atoms with Gasteiger partial charge in [0.15, 0.2) is 5.54 Å². The van der Waals surface area contributed by atoms with E-state index in [1.165, 1.54) is 6.92 Å². The molecule has 10 nitrogen and oxygen atoms in total. The van der Waals surface area contributed by atoms with E-state index in [2.05, 4.69) is 14.9 Å². The van der Waals surface area contributed by atoms with Crippen molar-refractivity contribution in [3.63, 3.8) is 0 Å². The van der Waals surface area contributed by atoms with Crippen LogP contribution in [0.2, 0.25) is 6.32 Å². The number of ether oxygens (including phenoxy) is 1. The van der Waals surface area contributed by atoms with E-state index in [9.17, 15) is 15.1 Å². The van der Waals surface area contributed by atoms with E-state index in [4.69, 9.17) is 19.8 Å². The quantitative estimate of drug-likeness (QED) is 0.141. The lowest BCUT2D eigenvalue weighted by Crippen LogP contribution is -2.48. The van der Waals surface area contributed by atoms with Gasteiger partial charge in [0.05, 0.1) is 11.2 Å². The molecule has 2 heterocycles. The van der Waals surface area contributed by atoms with E-state index in [1.54, 1.807) is 0 Å². The molecule has 2 aliphatic rings. The van der Waals surface area contributed by atoms with Crippen LogP contribution < -0.4 is 5.73 Å². The molecule has 35 heavy (non-hydrogen) atoms. The van der Waals surface area contributed by atoms with Gasteiger partial charge in [0.1, 0.15) is 6.04 Å². The van der Waals surface area contributed by atoms with Crippen LogP contribution >= 0.6 is 0 Å². The summed E-state index contributed by atoms with van der Waals surface area (Å²) in [6.07, 6.45) is 1.87. The molecule has 0 aliphatic carbocycles. The number of rotatable bonds is 9. The Bertz CT molecular complexity index is 950. The van der Waals surface area contributed by atoms with E-state index in [0.717, 1.165) is 5.56 Å². The monoisotopic (exact) mass is 485 g/mol.